The zero-order chi connectivity index (χ0) is 12.1. The topological polar surface area (TPSA) is 12.5 Å². The van der Waals surface area contributed by atoms with Crippen LogP contribution in [0.5, 0.6) is 5.75 Å². The van der Waals surface area contributed by atoms with Crippen molar-refractivity contribution in [2.24, 2.45) is 5.92 Å². The van der Waals surface area contributed by atoms with Crippen molar-refractivity contribution in [3.8, 4) is 5.75 Å². The van der Waals surface area contributed by atoms with Crippen molar-refractivity contribution in [1.29, 1.82) is 0 Å². The Labute approximate surface area is 105 Å². The first-order chi connectivity index (χ1) is 8.25. The minimum atomic E-state index is 0.397. The zero-order valence-corrected chi connectivity index (χ0v) is 10.9. The lowest BCUT2D eigenvalue weighted by atomic mass is 9.86. The molecule has 0 amide bonds. The molecule has 2 nitrogen and oxygen atoms in total. The number of nitrogens with zero attached hydrogens (tertiary/aromatic N) is 1. The van der Waals surface area contributed by atoms with E-state index >= 15 is 0 Å². The maximum atomic E-state index is 6.14. The van der Waals surface area contributed by atoms with Crippen LogP contribution in [0, 0.1) is 5.92 Å². The minimum absolute atomic E-state index is 0.397. The van der Waals surface area contributed by atoms with Crippen LogP contribution < -0.4 is 4.74 Å². The molecule has 1 aromatic rings. The van der Waals surface area contributed by atoms with E-state index in [1.165, 1.54) is 25.7 Å². The number of benzene rings is 1. The lowest BCUT2D eigenvalue weighted by Crippen LogP contribution is -2.37. The largest absolute Gasteiger partial charge is 0.490 e. The molecular weight excluding hydrogens is 210 g/mol. The Morgan fingerprint density at radius 1 is 1.12 bits per heavy atom. The lowest BCUT2D eigenvalue weighted by Gasteiger charge is -2.33. The van der Waals surface area contributed by atoms with Gasteiger partial charge in [-0.25, -0.2) is 0 Å². The Bertz CT molecular complexity index is 323. The number of hydrogen-bond acceptors (Lipinski definition) is 2. The summed E-state index contributed by atoms with van der Waals surface area (Å²) in [4.78, 5) is 2.28. The predicted octanol–water partition coefficient (Wildman–Crippen LogP) is 3.19. The molecule has 0 aliphatic heterocycles. The first-order valence-electron chi connectivity index (χ1n) is 6.62. The first kappa shape index (κ1) is 12.4. The molecule has 1 fully saturated rings. The molecule has 0 radical (unpaired) electrons. The van der Waals surface area contributed by atoms with Crippen LogP contribution in [0.1, 0.15) is 25.7 Å². The quantitative estimate of drug-likeness (QED) is 0.792. The van der Waals surface area contributed by atoms with E-state index in [0.29, 0.717) is 12.0 Å². The molecule has 1 aromatic carbocycles. The summed E-state index contributed by atoms with van der Waals surface area (Å²) in [6, 6.07) is 10.2. The van der Waals surface area contributed by atoms with Crippen molar-refractivity contribution in [2.45, 2.75) is 31.8 Å². The number of para-hydroxylation sites is 1. The summed E-state index contributed by atoms with van der Waals surface area (Å²) in [6.45, 7) is 1.14. The predicted molar refractivity (Wildman–Crippen MR) is 71.4 cm³/mol. The minimum Gasteiger partial charge on any atom is -0.490 e. The van der Waals surface area contributed by atoms with E-state index in [-0.39, 0.29) is 0 Å². The standard InChI is InChI=1S/C15H23NO/c1-16(2)12-13-8-6-7-11-15(13)17-14-9-4-3-5-10-14/h3-5,9-10,13,15H,6-8,11-12H2,1-2H3/t13-,15-/m1/s1. The maximum Gasteiger partial charge on any atom is 0.119 e. The van der Waals surface area contributed by atoms with Crippen molar-refractivity contribution < 1.29 is 4.74 Å². The van der Waals surface area contributed by atoms with Crippen molar-refractivity contribution in [3.05, 3.63) is 30.3 Å². The number of rotatable bonds is 4. The Balaban J connectivity index is 1.96. The molecule has 1 aliphatic rings. The molecule has 0 bridgehead atoms. The highest BCUT2D eigenvalue weighted by Crippen LogP contribution is 2.28. The van der Waals surface area contributed by atoms with Gasteiger partial charge in [-0.05, 0) is 45.5 Å². The Morgan fingerprint density at radius 2 is 1.82 bits per heavy atom. The second kappa shape index (κ2) is 6.06. The molecule has 2 atom stereocenters. The van der Waals surface area contributed by atoms with E-state index in [9.17, 15) is 0 Å². The SMILES string of the molecule is CN(C)C[C@H]1CCCC[C@H]1Oc1ccccc1. The van der Waals surface area contributed by atoms with Crippen molar-refractivity contribution in [1.82, 2.24) is 4.90 Å². The van der Waals surface area contributed by atoms with Crippen LogP contribution in [-0.4, -0.2) is 31.6 Å². The van der Waals surface area contributed by atoms with Gasteiger partial charge < -0.3 is 9.64 Å². The highest BCUT2D eigenvalue weighted by Gasteiger charge is 2.27. The third kappa shape index (κ3) is 3.74. The van der Waals surface area contributed by atoms with E-state index in [4.69, 9.17) is 4.74 Å². The molecule has 0 unspecified atom stereocenters. The summed E-state index contributed by atoms with van der Waals surface area (Å²) < 4.78 is 6.14. The van der Waals surface area contributed by atoms with Crippen molar-refractivity contribution in [2.75, 3.05) is 20.6 Å². The maximum absolute atomic E-state index is 6.14. The van der Waals surface area contributed by atoms with Gasteiger partial charge in [-0.3, -0.25) is 0 Å². The highest BCUT2D eigenvalue weighted by molar-refractivity contribution is 5.21. The smallest absolute Gasteiger partial charge is 0.119 e. The van der Waals surface area contributed by atoms with Crippen LogP contribution >= 0.6 is 0 Å². The van der Waals surface area contributed by atoms with Crippen LogP contribution in [-0.2, 0) is 0 Å². The van der Waals surface area contributed by atoms with Crippen LogP contribution in [0.25, 0.3) is 0 Å². The molecule has 0 heterocycles. The van der Waals surface area contributed by atoms with Crippen LogP contribution in [0.2, 0.25) is 0 Å². The molecule has 1 aliphatic carbocycles. The monoisotopic (exact) mass is 233 g/mol. The second-order valence-electron chi connectivity index (χ2n) is 5.28. The highest BCUT2D eigenvalue weighted by atomic mass is 16.5. The van der Waals surface area contributed by atoms with Gasteiger partial charge in [0, 0.05) is 12.5 Å². The van der Waals surface area contributed by atoms with E-state index in [2.05, 4.69) is 31.1 Å². The second-order valence-corrected chi connectivity index (χ2v) is 5.28. The molecule has 0 spiro atoms. The molecule has 2 heteroatoms. The normalized spacial score (nSPS) is 24.9. The van der Waals surface area contributed by atoms with Crippen LogP contribution in [0.15, 0.2) is 30.3 Å². The summed E-state index contributed by atoms with van der Waals surface area (Å²) in [7, 11) is 4.29. The fourth-order valence-electron chi connectivity index (χ4n) is 2.68. The van der Waals surface area contributed by atoms with Gasteiger partial charge in [0.2, 0.25) is 0 Å². The summed E-state index contributed by atoms with van der Waals surface area (Å²) >= 11 is 0. The molecule has 1 saturated carbocycles. The van der Waals surface area contributed by atoms with Crippen LogP contribution in [0.4, 0.5) is 0 Å². The summed E-state index contributed by atoms with van der Waals surface area (Å²) in [6.07, 6.45) is 5.56. The third-order valence-electron chi connectivity index (χ3n) is 3.47. The first-order valence-corrected chi connectivity index (χ1v) is 6.62. The molecular formula is C15H23NO. The van der Waals surface area contributed by atoms with Gasteiger partial charge in [0.25, 0.3) is 0 Å². The molecule has 17 heavy (non-hydrogen) atoms. The van der Waals surface area contributed by atoms with Gasteiger partial charge in [0.1, 0.15) is 11.9 Å². The zero-order valence-electron chi connectivity index (χ0n) is 10.9. The average molecular weight is 233 g/mol. The summed E-state index contributed by atoms with van der Waals surface area (Å²) in [5, 5.41) is 0. The van der Waals surface area contributed by atoms with Crippen molar-refractivity contribution in [3.63, 3.8) is 0 Å². The Morgan fingerprint density at radius 3 is 2.53 bits per heavy atom. The van der Waals surface area contributed by atoms with E-state index in [1.54, 1.807) is 0 Å². The van der Waals surface area contributed by atoms with E-state index < -0.39 is 0 Å². The average Bonchev–Trinajstić information content (AvgIpc) is 2.32. The number of hydrogen-bond donors (Lipinski definition) is 0. The van der Waals surface area contributed by atoms with Gasteiger partial charge in [0.15, 0.2) is 0 Å². The van der Waals surface area contributed by atoms with Gasteiger partial charge in [-0.1, -0.05) is 24.6 Å². The van der Waals surface area contributed by atoms with E-state index in [0.717, 1.165) is 12.3 Å². The van der Waals surface area contributed by atoms with E-state index in [1.807, 2.05) is 18.2 Å². The molecule has 94 valence electrons. The van der Waals surface area contributed by atoms with Gasteiger partial charge in [-0.15, -0.1) is 0 Å². The molecule has 2 rings (SSSR count). The van der Waals surface area contributed by atoms with Crippen LogP contribution in [0.3, 0.4) is 0 Å². The summed E-state index contributed by atoms with van der Waals surface area (Å²) in [5.41, 5.74) is 0. The van der Waals surface area contributed by atoms with Gasteiger partial charge in [-0.2, -0.15) is 0 Å². The summed E-state index contributed by atoms with van der Waals surface area (Å²) in [5.74, 6) is 1.70. The third-order valence-corrected chi connectivity index (χ3v) is 3.47. The fraction of sp³-hybridized carbons (Fsp3) is 0.600. The molecule has 0 saturated heterocycles. The fourth-order valence-corrected chi connectivity index (χ4v) is 2.68. The van der Waals surface area contributed by atoms with Gasteiger partial charge >= 0.3 is 0 Å². The van der Waals surface area contributed by atoms with Gasteiger partial charge in [0.05, 0.1) is 0 Å². The Hall–Kier alpha value is -1.02. The molecule has 0 N–H and O–H groups in total. The lowest BCUT2D eigenvalue weighted by molar-refractivity contribution is 0.0760. The Kier molecular flexibility index (Phi) is 4.43. The molecule has 0 aromatic heterocycles. The van der Waals surface area contributed by atoms with Crippen molar-refractivity contribution >= 4 is 0 Å². The number of ether oxygens (including phenoxy) is 1.